The van der Waals surface area contributed by atoms with Crippen molar-refractivity contribution in [2.75, 3.05) is 0 Å². The second kappa shape index (κ2) is 5.21. The van der Waals surface area contributed by atoms with Crippen molar-refractivity contribution >= 4 is 11.9 Å². The Morgan fingerprint density at radius 2 is 2.00 bits per heavy atom. The van der Waals surface area contributed by atoms with Crippen LogP contribution in [0.3, 0.4) is 0 Å². The van der Waals surface area contributed by atoms with Crippen molar-refractivity contribution in [2.24, 2.45) is 5.92 Å². The smallest absolute Gasteiger partial charge is 0.310 e. The van der Waals surface area contributed by atoms with Crippen LogP contribution < -0.4 is 5.32 Å². The largest absolute Gasteiger partial charge is 0.323 e. The summed E-state index contributed by atoms with van der Waals surface area (Å²) in [5.41, 5.74) is 1.09. The van der Waals surface area contributed by atoms with Crippen LogP contribution in [0.15, 0.2) is 30.3 Å². The van der Waals surface area contributed by atoms with E-state index in [-0.39, 0.29) is 12.1 Å². The number of urea groups is 1. The fourth-order valence-corrected chi connectivity index (χ4v) is 2.22. The molecule has 0 aromatic heterocycles. The fourth-order valence-electron chi connectivity index (χ4n) is 2.22. The molecular formula is C14H19N3O. The molecule has 1 saturated heterocycles. The van der Waals surface area contributed by atoms with Gasteiger partial charge in [-0.05, 0) is 17.9 Å². The quantitative estimate of drug-likeness (QED) is 0.841. The van der Waals surface area contributed by atoms with Crippen molar-refractivity contribution in [2.45, 2.75) is 32.9 Å². The lowest BCUT2D eigenvalue weighted by Crippen LogP contribution is -2.35. The standard InChI is InChI=1S/C14H19N3O/c1-10(2)8-12-13(15)16-14(18)17(12)9-11-6-4-3-5-7-11/h3-7,10,12H,8-9H2,1-2H3,(H2,15,16,18). The van der Waals surface area contributed by atoms with Gasteiger partial charge in [0.05, 0.1) is 6.04 Å². The highest BCUT2D eigenvalue weighted by molar-refractivity contribution is 6.05. The molecule has 1 fully saturated rings. The van der Waals surface area contributed by atoms with Gasteiger partial charge in [0.25, 0.3) is 0 Å². The van der Waals surface area contributed by atoms with Gasteiger partial charge in [-0.15, -0.1) is 0 Å². The van der Waals surface area contributed by atoms with E-state index in [9.17, 15) is 4.79 Å². The first kappa shape index (κ1) is 12.6. The summed E-state index contributed by atoms with van der Waals surface area (Å²) < 4.78 is 0. The first-order valence-corrected chi connectivity index (χ1v) is 6.28. The summed E-state index contributed by atoms with van der Waals surface area (Å²) in [6.45, 7) is 4.78. The zero-order valence-electron chi connectivity index (χ0n) is 10.8. The maximum Gasteiger partial charge on any atom is 0.323 e. The minimum Gasteiger partial charge on any atom is -0.310 e. The van der Waals surface area contributed by atoms with E-state index in [1.54, 1.807) is 4.90 Å². The molecule has 1 aliphatic rings. The molecule has 1 aromatic carbocycles. The number of hydrogen-bond donors (Lipinski definition) is 2. The molecule has 0 saturated carbocycles. The van der Waals surface area contributed by atoms with E-state index in [1.807, 2.05) is 30.3 Å². The summed E-state index contributed by atoms with van der Waals surface area (Å²) in [5.74, 6) is 0.783. The molecule has 4 nitrogen and oxygen atoms in total. The highest BCUT2D eigenvalue weighted by Gasteiger charge is 2.35. The van der Waals surface area contributed by atoms with Gasteiger partial charge < -0.3 is 4.90 Å². The van der Waals surface area contributed by atoms with E-state index in [2.05, 4.69) is 19.2 Å². The lowest BCUT2D eigenvalue weighted by Gasteiger charge is -2.24. The molecule has 0 aliphatic carbocycles. The van der Waals surface area contributed by atoms with Gasteiger partial charge in [0.1, 0.15) is 5.84 Å². The van der Waals surface area contributed by atoms with Crippen LogP contribution in [0.4, 0.5) is 4.79 Å². The van der Waals surface area contributed by atoms with Gasteiger partial charge in [0.2, 0.25) is 0 Å². The number of carbonyl (C=O) groups is 1. The van der Waals surface area contributed by atoms with Crippen LogP contribution in [0.5, 0.6) is 0 Å². The Kier molecular flexibility index (Phi) is 3.65. The molecule has 2 N–H and O–H groups in total. The first-order valence-electron chi connectivity index (χ1n) is 6.28. The Balaban J connectivity index is 2.13. The molecule has 96 valence electrons. The minimum atomic E-state index is -0.158. The van der Waals surface area contributed by atoms with E-state index in [0.717, 1.165) is 12.0 Å². The van der Waals surface area contributed by atoms with Crippen molar-refractivity contribution in [1.29, 1.82) is 5.41 Å². The van der Waals surface area contributed by atoms with Gasteiger partial charge in [-0.2, -0.15) is 0 Å². The number of nitrogens with one attached hydrogen (secondary N) is 2. The van der Waals surface area contributed by atoms with Gasteiger partial charge in [-0.25, -0.2) is 4.79 Å². The van der Waals surface area contributed by atoms with Crippen molar-refractivity contribution < 1.29 is 4.79 Å². The Morgan fingerprint density at radius 1 is 1.33 bits per heavy atom. The summed E-state index contributed by atoms with van der Waals surface area (Å²) in [7, 11) is 0. The van der Waals surface area contributed by atoms with Crippen LogP contribution in [0.25, 0.3) is 0 Å². The van der Waals surface area contributed by atoms with Crippen LogP contribution in [-0.4, -0.2) is 22.8 Å². The van der Waals surface area contributed by atoms with Crippen LogP contribution >= 0.6 is 0 Å². The Bertz CT molecular complexity index is 442. The molecule has 0 bridgehead atoms. The van der Waals surface area contributed by atoms with Gasteiger partial charge in [-0.1, -0.05) is 44.2 Å². The topological polar surface area (TPSA) is 56.2 Å². The van der Waals surface area contributed by atoms with Gasteiger partial charge >= 0.3 is 6.03 Å². The average Bonchev–Trinajstić information content (AvgIpc) is 2.57. The number of carbonyl (C=O) groups excluding carboxylic acids is 1. The Labute approximate surface area is 108 Å². The summed E-state index contributed by atoms with van der Waals surface area (Å²) in [6.07, 6.45) is 0.824. The van der Waals surface area contributed by atoms with Crippen molar-refractivity contribution in [3.8, 4) is 0 Å². The number of hydrogen-bond acceptors (Lipinski definition) is 2. The third-order valence-electron chi connectivity index (χ3n) is 3.10. The predicted molar refractivity (Wildman–Crippen MR) is 71.5 cm³/mol. The molecule has 1 heterocycles. The monoisotopic (exact) mass is 245 g/mol. The predicted octanol–water partition coefficient (Wildman–Crippen LogP) is 2.60. The van der Waals surface area contributed by atoms with Gasteiger partial charge in [0.15, 0.2) is 0 Å². The molecule has 1 aliphatic heterocycles. The lowest BCUT2D eigenvalue weighted by molar-refractivity contribution is 0.197. The van der Waals surface area contributed by atoms with E-state index in [0.29, 0.717) is 18.3 Å². The van der Waals surface area contributed by atoms with E-state index in [4.69, 9.17) is 5.41 Å². The molecule has 1 aromatic rings. The second-order valence-corrected chi connectivity index (χ2v) is 5.10. The van der Waals surface area contributed by atoms with Crippen molar-refractivity contribution in [3.05, 3.63) is 35.9 Å². The molecule has 1 atom stereocenters. The zero-order valence-corrected chi connectivity index (χ0v) is 10.8. The number of amides is 2. The number of nitrogens with zero attached hydrogens (tertiary/aromatic N) is 1. The molecule has 18 heavy (non-hydrogen) atoms. The van der Waals surface area contributed by atoms with Gasteiger partial charge in [0, 0.05) is 6.54 Å². The molecule has 0 radical (unpaired) electrons. The molecule has 1 unspecified atom stereocenters. The van der Waals surface area contributed by atoms with E-state index >= 15 is 0 Å². The molecule has 2 amide bonds. The minimum absolute atomic E-state index is 0.113. The third kappa shape index (κ3) is 2.70. The first-order chi connectivity index (χ1) is 8.58. The van der Waals surface area contributed by atoms with Crippen LogP contribution in [0.2, 0.25) is 0 Å². The number of rotatable bonds is 4. The van der Waals surface area contributed by atoms with Crippen LogP contribution in [0, 0.1) is 11.3 Å². The molecule has 4 heteroatoms. The summed E-state index contributed by atoms with van der Waals surface area (Å²) in [4.78, 5) is 13.6. The van der Waals surface area contributed by atoms with Crippen molar-refractivity contribution in [3.63, 3.8) is 0 Å². The van der Waals surface area contributed by atoms with E-state index in [1.165, 1.54) is 0 Å². The van der Waals surface area contributed by atoms with Crippen LogP contribution in [0.1, 0.15) is 25.8 Å². The van der Waals surface area contributed by atoms with Crippen LogP contribution in [-0.2, 0) is 6.54 Å². The normalized spacial score (nSPS) is 19.5. The summed E-state index contributed by atoms with van der Waals surface area (Å²) in [6, 6.07) is 9.62. The lowest BCUT2D eigenvalue weighted by atomic mass is 10.0. The Morgan fingerprint density at radius 3 is 2.61 bits per heavy atom. The SMILES string of the molecule is CC(C)CC1C(=N)NC(=O)N1Cc1ccccc1. The molecular weight excluding hydrogens is 226 g/mol. The molecule has 0 spiro atoms. The van der Waals surface area contributed by atoms with Gasteiger partial charge in [-0.3, -0.25) is 10.7 Å². The molecule has 2 rings (SSSR count). The highest BCUT2D eigenvalue weighted by Crippen LogP contribution is 2.19. The number of amidine groups is 1. The average molecular weight is 245 g/mol. The third-order valence-corrected chi connectivity index (χ3v) is 3.10. The second-order valence-electron chi connectivity index (χ2n) is 5.10. The Hall–Kier alpha value is -1.84. The highest BCUT2D eigenvalue weighted by atomic mass is 16.2. The number of benzene rings is 1. The van der Waals surface area contributed by atoms with E-state index < -0.39 is 0 Å². The van der Waals surface area contributed by atoms with Crippen molar-refractivity contribution in [1.82, 2.24) is 10.2 Å². The summed E-state index contributed by atoms with van der Waals surface area (Å²) in [5, 5.41) is 10.5. The summed E-state index contributed by atoms with van der Waals surface area (Å²) >= 11 is 0. The maximum absolute atomic E-state index is 11.9. The zero-order chi connectivity index (χ0) is 13.1. The fraction of sp³-hybridized carbons (Fsp3) is 0.429. The maximum atomic E-state index is 11.9.